The van der Waals surface area contributed by atoms with Crippen molar-refractivity contribution in [3.63, 3.8) is 0 Å². The van der Waals surface area contributed by atoms with Crippen molar-refractivity contribution >= 4 is 5.78 Å². The van der Waals surface area contributed by atoms with Crippen LogP contribution in [0.1, 0.15) is 30.6 Å². The summed E-state index contributed by atoms with van der Waals surface area (Å²) in [5.41, 5.74) is 0.504. The zero-order valence-electron chi connectivity index (χ0n) is 9.29. The molecule has 2 heterocycles. The minimum Gasteiger partial charge on any atom is -0.316 e. The molecule has 1 aliphatic heterocycles. The Labute approximate surface area is 89.7 Å². The van der Waals surface area contributed by atoms with E-state index in [0.717, 1.165) is 31.6 Å². The summed E-state index contributed by atoms with van der Waals surface area (Å²) >= 11 is 0. The molecule has 0 bridgehead atoms. The van der Waals surface area contributed by atoms with Gasteiger partial charge in [0.15, 0.2) is 5.78 Å². The van der Waals surface area contributed by atoms with Crippen LogP contribution < -0.4 is 5.32 Å². The normalized spacial score (nSPS) is 25.7. The fourth-order valence-electron chi connectivity index (χ4n) is 2.01. The average Bonchev–Trinajstić information content (AvgIpc) is 2.85. The maximum absolute atomic E-state index is 12.2. The Morgan fingerprint density at radius 3 is 3.07 bits per heavy atom. The second-order valence-corrected chi connectivity index (χ2v) is 4.40. The highest BCUT2D eigenvalue weighted by atomic mass is 16.1. The number of aromatic nitrogens is 2. The Hall–Kier alpha value is -1.16. The Morgan fingerprint density at radius 1 is 1.73 bits per heavy atom. The van der Waals surface area contributed by atoms with Crippen molar-refractivity contribution in [1.29, 1.82) is 0 Å². The third-order valence-electron chi connectivity index (χ3n) is 3.14. The smallest absolute Gasteiger partial charge is 0.173 e. The van der Waals surface area contributed by atoms with Gasteiger partial charge in [-0.3, -0.25) is 9.48 Å². The second-order valence-electron chi connectivity index (χ2n) is 4.40. The van der Waals surface area contributed by atoms with E-state index in [0.29, 0.717) is 0 Å². The molecule has 1 fully saturated rings. The summed E-state index contributed by atoms with van der Waals surface area (Å²) in [4.78, 5) is 12.2. The Balaban J connectivity index is 2.19. The van der Waals surface area contributed by atoms with Crippen molar-refractivity contribution in [2.75, 3.05) is 13.1 Å². The predicted molar refractivity (Wildman–Crippen MR) is 57.8 cm³/mol. The van der Waals surface area contributed by atoms with Gasteiger partial charge in [0.2, 0.25) is 0 Å². The van der Waals surface area contributed by atoms with Crippen LogP contribution >= 0.6 is 0 Å². The SMILES string of the molecule is CCn1cc(C(=O)C2(C)CCNC2)cn1. The van der Waals surface area contributed by atoms with Gasteiger partial charge in [0.05, 0.1) is 11.8 Å². The minimum atomic E-state index is -0.235. The third-order valence-corrected chi connectivity index (χ3v) is 3.14. The Morgan fingerprint density at radius 2 is 2.53 bits per heavy atom. The van der Waals surface area contributed by atoms with Gasteiger partial charge in [-0.2, -0.15) is 5.10 Å². The van der Waals surface area contributed by atoms with Crippen molar-refractivity contribution in [2.24, 2.45) is 5.41 Å². The van der Waals surface area contributed by atoms with Gasteiger partial charge in [-0.15, -0.1) is 0 Å². The zero-order chi connectivity index (χ0) is 10.9. The summed E-state index contributed by atoms with van der Waals surface area (Å²) in [5, 5.41) is 7.37. The van der Waals surface area contributed by atoms with E-state index in [1.165, 1.54) is 0 Å². The number of nitrogens with one attached hydrogen (secondary N) is 1. The zero-order valence-corrected chi connectivity index (χ0v) is 9.29. The van der Waals surface area contributed by atoms with Gasteiger partial charge in [-0.05, 0) is 19.9 Å². The molecule has 0 spiro atoms. The number of hydrogen-bond acceptors (Lipinski definition) is 3. The molecule has 4 heteroatoms. The van der Waals surface area contributed by atoms with E-state index in [2.05, 4.69) is 10.4 Å². The van der Waals surface area contributed by atoms with Crippen LogP contribution in [0, 0.1) is 5.41 Å². The first-order chi connectivity index (χ1) is 7.15. The summed E-state index contributed by atoms with van der Waals surface area (Å²) in [7, 11) is 0. The Kier molecular flexibility index (Phi) is 2.61. The highest BCUT2D eigenvalue weighted by molar-refractivity contribution is 6.00. The van der Waals surface area contributed by atoms with E-state index in [9.17, 15) is 4.79 Å². The first-order valence-corrected chi connectivity index (χ1v) is 5.44. The lowest BCUT2D eigenvalue weighted by molar-refractivity contribution is 0.0839. The molecule has 2 rings (SSSR count). The van der Waals surface area contributed by atoms with Crippen LogP contribution in [0.15, 0.2) is 12.4 Å². The summed E-state index contributed by atoms with van der Waals surface area (Å²) in [6.07, 6.45) is 4.43. The first kappa shape index (κ1) is 10.4. The Bertz CT molecular complexity index is 364. The fourth-order valence-corrected chi connectivity index (χ4v) is 2.01. The maximum atomic E-state index is 12.2. The number of Topliss-reactive ketones (excluding diaryl/α,β-unsaturated/α-hetero) is 1. The lowest BCUT2D eigenvalue weighted by Crippen LogP contribution is -2.30. The standard InChI is InChI=1S/C11H17N3O/c1-3-14-7-9(6-13-14)10(15)11(2)4-5-12-8-11/h6-7,12H,3-5,8H2,1-2H3. The highest BCUT2D eigenvalue weighted by Gasteiger charge is 2.37. The van der Waals surface area contributed by atoms with Crippen LogP contribution in [0.2, 0.25) is 0 Å². The van der Waals surface area contributed by atoms with Gasteiger partial charge in [0, 0.05) is 24.7 Å². The van der Waals surface area contributed by atoms with Crippen molar-refractivity contribution < 1.29 is 4.79 Å². The molecule has 1 aromatic heterocycles. The maximum Gasteiger partial charge on any atom is 0.173 e. The molecule has 0 aliphatic carbocycles. The average molecular weight is 207 g/mol. The summed E-state index contributed by atoms with van der Waals surface area (Å²) in [6, 6.07) is 0. The largest absolute Gasteiger partial charge is 0.316 e. The number of aryl methyl sites for hydroxylation is 1. The van der Waals surface area contributed by atoms with E-state index in [4.69, 9.17) is 0 Å². The van der Waals surface area contributed by atoms with Crippen molar-refractivity contribution in [1.82, 2.24) is 15.1 Å². The monoisotopic (exact) mass is 207 g/mol. The molecule has 0 saturated carbocycles. The second kappa shape index (κ2) is 3.77. The molecular formula is C11H17N3O. The number of hydrogen-bond donors (Lipinski definition) is 1. The van der Waals surface area contributed by atoms with Crippen LogP contribution in [0.25, 0.3) is 0 Å². The number of ketones is 1. The number of carbonyl (C=O) groups excluding carboxylic acids is 1. The van der Waals surface area contributed by atoms with Gasteiger partial charge >= 0.3 is 0 Å². The van der Waals surface area contributed by atoms with Crippen LogP contribution in [-0.2, 0) is 6.54 Å². The predicted octanol–water partition coefficient (Wildman–Crippen LogP) is 1.09. The van der Waals surface area contributed by atoms with E-state index < -0.39 is 0 Å². The van der Waals surface area contributed by atoms with Gasteiger partial charge in [0.1, 0.15) is 0 Å². The molecule has 1 unspecified atom stereocenters. The molecule has 0 radical (unpaired) electrons. The molecule has 1 N–H and O–H groups in total. The molecular weight excluding hydrogens is 190 g/mol. The molecule has 82 valence electrons. The van der Waals surface area contributed by atoms with Gasteiger partial charge in [-0.1, -0.05) is 6.92 Å². The molecule has 4 nitrogen and oxygen atoms in total. The van der Waals surface area contributed by atoms with E-state index >= 15 is 0 Å². The van der Waals surface area contributed by atoms with E-state index in [-0.39, 0.29) is 11.2 Å². The molecule has 1 atom stereocenters. The molecule has 1 aliphatic rings. The third kappa shape index (κ3) is 1.81. The summed E-state index contributed by atoms with van der Waals surface area (Å²) in [6.45, 7) is 6.56. The molecule has 15 heavy (non-hydrogen) atoms. The topological polar surface area (TPSA) is 46.9 Å². The van der Waals surface area contributed by atoms with Crippen molar-refractivity contribution in [3.05, 3.63) is 18.0 Å². The molecule has 0 amide bonds. The lowest BCUT2D eigenvalue weighted by atomic mass is 9.82. The minimum absolute atomic E-state index is 0.215. The highest BCUT2D eigenvalue weighted by Crippen LogP contribution is 2.28. The number of rotatable bonds is 3. The van der Waals surface area contributed by atoms with Crippen LogP contribution in [-0.4, -0.2) is 28.7 Å². The van der Waals surface area contributed by atoms with Crippen LogP contribution in [0.3, 0.4) is 0 Å². The fraction of sp³-hybridized carbons (Fsp3) is 0.636. The summed E-state index contributed by atoms with van der Waals surface area (Å²) < 4.78 is 1.79. The van der Waals surface area contributed by atoms with Gasteiger partial charge in [0.25, 0.3) is 0 Å². The van der Waals surface area contributed by atoms with Crippen LogP contribution in [0.5, 0.6) is 0 Å². The number of nitrogens with zero attached hydrogens (tertiary/aromatic N) is 2. The summed E-state index contributed by atoms with van der Waals surface area (Å²) in [5.74, 6) is 0.215. The molecule has 1 saturated heterocycles. The van der Waals surface area contributed by atoms with Crippen molar-refractivity contribution in [2.45, 2.75) is 26.8 Å². The lowest BCUT2D eigenvalue weighted by Gasteiger charge is -2.19. The molecule has 0 aromatic carbocycles. The van der Waals surface area contributed by atoms with E-state index in [1.54, 1.807) is 10.9 Å². The van der Waals surface area contributed by atoms with Gasteiger partial charge < -0.3 is 5.32 Å². The molecule has 1 aromatic rings. The van der Waals surface area contributed by atoms with E-state index in [1.807, 2.05) is 20.0 Å². The number of carbonyl (C=O) groups is 1. The van der Waals surface area contributed by atoms with Crippen molar-refractivity contribution in [3.8, 4) is 0 Å². The first-order valence-electron chi connectivity index (χ1n) is 5.44. The van der Waals surface area contributed by atoms with Gasteiger partial charge in [-0.25, -0.2) is 0 Å². The quantitative estimate of drug-likeness (QED) is 0.755. The van der Waals surface area contributed by atoms with Crippen LogP contribution in [0.4, 0.5) is 0 Å².